The van der Waals surface area contributed by atoms with Gasteiger partial charge < -0.3 is 30.2 Å². The van der Waals surface area contributed by atoms with Gasteiger partial charge in [0, 0.05) is 25.7 Å². The van der Waals surface area contributed by atoms with Crippen molar-refractivity contribution in [1.29, 1.82) is 0 Å². The van der Waals surface area contributed by atoms with Crippen molar-refractivity contribution < 1.29 is 9.53 Å². The molecule has 0 spiro atoms. The molecule has 0 aliphatic carbocycles. The number of ether oxygens (including phenoxy) is 1. The summed E-state index contributed by atoms with van der Waals surface area (Å²) in [7, 11) is 0. The number of hydrogen-bond donors (Lipinski definition) is 3. The highest BCUT2D eigenvalue weighted by Gasteiger charge is 2.19. The molecule has 1 amide bonds. The van der Waals surface area contributed by atoms with Crippen LogP contribution in [-0.2, 0) is 17.8 Å². The number of aryl methyl sites for hydroxylation is 1. The molecular formula is C26H33ClN8O2. The van der Waals surface area contributed by atoms with Crippen molar-refractivity contribution in [2.75, 3.05) is 18.5 Å². The molecule has 2 aromatic heterocycles. The maximum Gasteiger partial charge on any atom is 0.407 e. The molecule has 4 rings (SSSR count). The number of alkyl carbamates (subject to hydrolysis) is 1. The highest BCUT2D eigenvalue weighted by Crippen LogP contribution is 2.26. The minimum Gasteiger partial charge on any atom is -0.450 e. The van der Waals surface area contributed by atoms with Gasteiger partial charge in [0.25, 0.3) is 0 Å². The van der Waals surface area contributed by atoms with Crippen molar-refractivity contribution >= 4 is 46.1 Å². The molecule has 3 aromatic rings. The number of amidine groups is 1. The third-order valence-electron chi connectivity index (χ3n) is 5.97. The number of hydrogen-bond acceptors (Lipinski definition) is 7. The first-order chi connectivity index (χ1) is 17.8. The average molecular weight is 525 g/mol. The number of aromatic nitrogens is 4. The third-order valence-corrected chi connectivity index (χ3v) is 6.17. The molecule has 0 unspecified atom stereocenters. The molecule has 4 N–H and O–H groups in total. The minimum atomic E-state index is -0.445. The third kappa shape index (κ3) is 5.96. The van der Waals surface area contributed by atoms with Crippen molar-refractivity contribution in [2.45, 2.75) is 52.7 Å². The lowest BCUT2D eigenvalue weighted by molar-refractivity contribution is 0.143. The number of anilines is 1. The first kappa shape index (κ1) is 26.3. The van der Waals surface area contributed by atoms with E-state index < -0.39 is 6.09 Å². The smallest absolute Gasteiger partial charge is 0.407 e. The number of carbonyl (C=O) groups is 1. The van der Waals surface area contributed by atoms with Crippen LogP contribution in [0.4, 0.5) is 10.7 Å². The first-order valence-electron chi connectivity index (χ1n) is 12.4. The fourth-order valence-electron chi connectivity index (χ4n) is 4.32. The molecule has 0 saturated carbocycles. The fourth-order valence-corrected chi connectivity index (χ4v) is 4.54. The van der Waals surface area contributed by atoms with E-state index in [1.165, 1.54) is 0 Å². The van der Waals surface area contributed by atoms with Crippen LogP contribution in [0.1, 0.15) is 56.6 Å². The summed E-state index contributed by atoms with van der Waals surface area (Å²) in [5.74, 6) is 1.12. The summed E-state index contributed by atoms with van der Waals surface area (Å²) in [6.07, 6.45) is 4.41. The molecule has 0 bridgehead atoms. The second kappa shape index (κ2) is 11.5. The predicted molar refractivity (Wildman–Crippen MR) is 148 cm³/mol. The SMILES string of the molecule is C=C1C=C(Cl)N=C(N)c2ncn(CCCCOC(=O)NCc3ccc4nc(NCC)n(C(C)C)c4c3)c21. The van der Waals surface area contributed by atoms with Crippen LogP contribution >= 0.6 is 11.6 Å². The Balaban J connectivity index is 1.25. The Morgan fingerprint density at radius 3 is 2.86 bits per heavy atom. The molecule has 11 heteroatoms. The minimum absolute atomic E-state index is 0.252. The molecular weight excluding hydrogens is 492 g/mol. The average Bonchev–Trinajstić information content (AvgIpc) is 3.40. The van der Waals surface area contributed by atoms with E-state index in [1.807, 2.05) is 23.6 Å². The normalized spacial score (nSPS) is 13.3. The summed E-state index contributed by atoms with van der Waals surface area (Å²) in [6.45, 7) is 12.5. The van der Waals surface area contributed by atoms with E-state index in [0.29, 0.717) is 37.4 Å². The summed E-state index contributed by atoms with van der Waals surface area (Å²) >= 11 is 6.04. The van der Waals surface area contributed by atoms with E-state index in [9.17, 15) is 4.79 Å². The maximum absolute atomic E-state index is 12.2. The van der Waals surface area contributed by atoms with Crippen LogP contribution in [0.25, 0.3) is 16.6 Å². The second-order valence-electron chi connectivity index (χ2n) is 9.07. The van der Waals surface area contributed by atoms with E-state index in [-0.39, 0.29) is 17.0 Å². The van der Waals surface area contributed by atoms with Gasteiger partial charge in [0.15, 0.2) is 5.84 Å². The summed E-state index contributed by atoms with van der Waals surface area (Å²) in [6, 6.07) is 6.26. The summed E-state index contributed by atoms with van der Waals surface area (Å²) in [5, 5.41) is 6.42. The highest BCUT2D eigenvalue weighted by atomic mass is 35.5. The van der Waals surface area contributed by atoms with Gasteiger partial charge in [-0.15, -0.1) is 0 Å². The van der Waals surface area contributed by atoms with Gasteiger partial charge >= 0.3 is 6.09 Å². The first-order valence-corrected chi connectivity index (χ1v) is 12.8. The zero-order valence-electron chi connectivity index (χ0n) is 21.4. The number of allylic oxidation sites excluding steroid dienone is 2. The Kier molecular flexibility index (Phi) is 8.17. The van der Waals surface area contributed by atoms with Crippen LogP contribution in [0.2, 0.25) is 0 Å². The monoisotopic (exact) mass is 524 g/mol. The van der Waals surface area contributed by atoms with Crippen LogP contribution in [0.3, 0.4) is 0 Å². The Morgan fingerprint density at radius 1 is 1.30 bits per heavy atom. The van der Waals surface area contributed by atoms with Gasteiger partial charge in [-0.3, -0.25) is 0 Å². The molecule has 0 atom stereocenters. The fraction of sp³-hybridized carbons (Fsp3) is 0.385. The van der Waals surface area contributed by atoms with Gasteiger partial charge in [-0.25, -0.2) is 19.8 Å². The molecule has 1 aromatic carbocycles. The number of aliphatic imine (C=N–C) groups is 1. The van der Waals surface area contributed by atoms with Gasteiger partial charge in [-0.1, -0.05) is 24.2 Å². The number of nitrogens with zero attached hydrogens (tertiary/aromatic N) is 5. The molecule has 10 nitrogen and oxygen atoms in total. The van der Waals surface area contributed by atoms with E-state index in [2.05, 4.69) is 56.7 Å². The summed E-state index contributed by atoms with van der Waals surface area (Å²) in [5.41, 5.74) is 11.0. The van der Waals surface area contributed by atoms with E-state index in [0.717, 1.165) is 41.2 Å². The van der Waals surface area contributed by atoms with E-state index in [1.54, 1.807) is 12.4 Å². The lowest BCUT2D eigenvalue weighted by Crippen LogP contribution is -2.24. The molecule has 1 aliphatic rings. The molecule has 0 fully saturated rings. The number of fused-ring (bicyclic) bond motifs is 2. The van der Waals surface area contributed by atoms with Crippen molar-refractivity contribution in [3.8, 4) is 0 Å². The van der Waals surface area contributed by atoms with Gasteiger partial charge in [0.05, 0.1) is 29.7 Å². The molecule has 37 heavy (non-hydrogen) atoms. The van der Waals surface area contributed by atoms with Gasteiger partial charge in [0.2, 0.25) is 5.95 Å². The van der Waals surface area contributed by atoms with Crippen LogP contribution in [0.15, 0.2) is 47.3 Å². The zero-order chi connectivity index (χ0) is 26.5. The lowest BCUT2D eigenvalue weighted by atomic mass is 10.1. The number of rotatable bonds is 10. The Morgan fingerprint density at radius 2 is 2.11 bits per heavy atom. The van der Waals surface area contributed by atoms with Crippen molar-refractivity contribution in [3.63, 3.8) is 0 Å². The predicted octanol–water partition coefficient (Wildman–Crippen LogP) is 4.76. The van der Waals surface area contributed by atoms with Crippen molar-refractivity contribution in [3.05, 3.63) is 59.3 Å². The molecule has 196 valence electrons. The van der Waals surface area contributed by atoms with Crippen LogP contribution in [0, 0.1) is 0 Å². The van der Waals surface area contributed by atoms with Crippen molar-refractivity contribution in [2.24, 2.45) is 10.7 Å². The Bertz CT molecular complexity index is 1370. The number of unbranched alkanes of at least 4 members (excludes halogenated alkanes) is 1. The van der Waals surface area contributed by atoms with E-state index >= 15 is 0 Å². The number of nitrogens with two attached hydrogens (primary N) is 1. The summed E-state index contributed by atoms with van der Waals surface area (Å²) < 4.78 is 9.50. The molecule has 1 aliphatic heterocycles. The largest absolute Gasteiger partial charge is 0.450 e. The molecule has 3 heterocycles. The number of amides is 1. The lowest BCUT2D eigenvalue weighted by Gasteiger charge is -2.14. The topological polar surface area (TPSA) is 124 Å². The highest BCUT2D eigenvalue weighted by molar-refractivity contribution is 6.31. The Hall–Kier alpha value is -3.79. The van der Waals surface area contributed by atoms with Crippen LogP contribution in [-0.4, -0.2) is 44.2 Å². The number of carbonyl (C=O) groups excluding carboxylic acids is 1. The molecule has 0 saturated heterocycles. The second-order valence-corrected chi connectivity index (χ2v) is 9.46. The molecule has 0 radical (unpaired) electrons. The summed E-state index contributed by atoms with van der Waals surface area (Å²) in [4.78, 5) is 25.4. The Labute approximate surface area is 221 Å². The van der Waals surface area contributed by atoms with Crippen LogP contribution < -0.4 is 16.4 Å². The van der Waals surface area contributed by atoms with Crippen LogP contribution in [0.5, 0.6) is 0 Å². The van der Waals surface area contributed by atoms with Gasteiger partial charge in [-0.05, 0) is 63.0 Å². The quantitative estimate of drug-likeness (QED) is 0.259. The maximum atomic E-state index is 12.2. The number of nitrogens with one attached hydrogen (secondary N) is 2. The van der Waals surface area contributed by atoms with Gasteiger partial charge in [0.1, 0.15) is 10.9 Å². The van der Waals surface area contributed by atoms with E-state index in [4.69, 9.17) is 22.1 Å². The number of benzene rings is 1. The van der Waals surface area contributed by atoms with Gasteiger partial charge in [-0.2, -0.15) is 0 Å². The zero-order valence-corrected chi connectivity index (χ0v) is 22.2. The standard InChI is InChI=1S/C26H33ClN8O2/c1-5-29-25-32-19-9-8-18(13-20(19)35(25)16(2)3)14-30-26(36)37-11-7-6-10-34-15-31-22-23(34)17(4)12-21(27)33-24(22)28/h8-9,12-13,15-16H,4-7,10-11,14H2,1-3H3,(H2,28,33)(H,29,32)(H,30,36). The van der Waals surface area contributed by atoms with Crippen molar-refractivity contribution in [1.82, 2.24) is 24.4 Å². The number of imidazole rings is 2. The number of halogens is 1.